The normalized spacial score (nSPS) is 19.9. The number of hydrogen-bond acceptors (Lipinski definition) is 6. The molecule has 1 aromatic carbocycles. The summed E-state index contributed by atoms with van der Waals surface area (Å²) in [6.07, 6.45) is 8.77. The molecule has 3 aromatic rings. The molecule has 1 saturated heterocycles. The maximum Gasteiger partial charge on any atom is 0.251 e. The van der Waals surface area contributed by atoms with E-state index in [-0.39, 0.29) is 5.91 Å². The highest BCUT2D eigenvalue weighted by molar-refractivity contribution is 5.81. The van der Waals surface area contributed by atoms with Gasteiger partial charge in [-0.1, -0.05) is 12.1 Å². The molecule has 0 unspecified atom stereocenters. The number of methoxy groups -OCH3 is 1. The summed E-state index contributed by atoms with van der Waals surface area (Å²) in [5, 5.41) is 7.30. The summed E-state index contributed by atoms with van der Waals surface area (Å²) in [5.74, 6) is 1.63. The Morgan fingerprint density at radius 1 is 1.24 bits per heavy atom. The molecule has 1 spiro atoms. The van der Waals surface area contributed by atoms with Gasteiger partial charge in [0.15, 0.2) is 6.10 Å². The standard InChI is InChI=1S/C24H30N6O3/c1-28-15-19(14-27-28)16-29-10-7-24(8-11-29)23-25-9-12-30(23)17-21(33-24)22(31)26-13-18-3-5-20(32-2)6-4-18/h3-6,9,12,14-15,21H,7-8,10-11,13,16-17H2,1-2H3,(H,26,31)/t21-/m1/s1. The number of aryl methyl sites for hydroxylation is 1. The molecule has 0 saturated carbocycles. The van der Waals surface area contributed by atoms with Gasteiger partial charge in [0, 0.05) is 57.4 Å². The average Bonchev–Trinajstić information content (AvgIpc) is 3.48. The first kappa shape index (κ1) is 21.7. The third-order valence-corrected chi connectivity index (χ3v) is 6.60. The van der Waals surface area contributed by atoms with Gasteiger partial charge in [0.25, 0.3) is 5.91 Å². The first-order chi connectivity index (χ1) is 16.0. The Hall–Kier alpha value is -3.17. The van der Waals surface area contributed by atoms with Gasteiger partial charge in [0.2, 0.25) is 0 Å². The number of benzene rings is 1. The number of ether oxygens (including phenoxy) is 2. The van der Waals surface area contributed by atoms with Gasteiger partial charge in [0.1, 0.15) is 17.2 Å². The van der Waals surface area contributed by atoms with E-state index in [2.05, 4.69) is 31.1 Å². The van der Waals surface area contributed by atoms with Crippen LogP contribution in [0.1, 0.15) is 29.8 Å². The number of imidazole rings is 1. The third-order valence-electron chi connectivity index (χ3n) is 6.60. The predicted octanol–water partition coefficient (Wildman–Crippen LogP) is 1.83. The molecule has 2 aliphatic heterocycles. The number of nitrogens with zero attached hydrogens (tertiary/aromatic N) is 5. The van der Waals surface area contributed by atoms with Crippen LogP contribution in [-0.4, -0.2) is 56.4 Å². The van der Waals surface area contributed by atoms with Gasteiger partial charge in [-0.3, -0.25) is 14.4 Å². The van der Waals surface area contributed by atoms with Gasteiger partial charge in [-0.15, -0.1) is 0 Å². The van der Waals surface area contributed by atoms with Gasteiger partial charge in [-0.05, 0) is 30.5 Å². The molecule has 0 radical (unpaired) electrons. The van der Waals surface area contributed by atoms with E-state index < -0.39 is 11.7 Å². The summed E-state index contributed by atoms with van der Waals surface area (Å²) >= 11 is 0. The van der Waals surface area contributed by atoms with Crippen LogP contribution >= 0.6 is 0 Å². The number of nitrogens with one attached hydrogen (secondary N) is 1. The molecule has 5 rings (SSSR count). The Bertz CT molecular complexity index is 1100. The highest BCUT2D eigenvalue weighted by Crippen LogP contribution is 2.40. The minimum atomic E-state index is -0.546. The van der Waals surface area contributed by atoms with Crippen LogP contribution < -0.4 is 10.1 Å². The van der Waals surface area contributed by atoms with Crippen molar-refractivity contribution in [3.8, 4) is 5.75 Å². The van der Waals surface area contributed by atoms with Crippen LogP contribution in [0.2, 0.25) is 0 Å². The Kier molecular flexibility index (Phi) is 5.90. The number of amides is 1. The van der Waals surface area contributed by atoms with Gasteiger partial charge >= 0.3 is 0 Å². The fraction of sp³-hybridized carbons (Fsp3) is 0.458. The van der Waals surface area contributed by atoms with Crippen LogP contribution in [0.3, 0.4) is 0 Å². The second kappa shape index (κ2) is 8.99. The molecule has 2 aromatic heterocycles. The van der Waals surface area contributed by atoms with Gasteiger partial charge in [-0.2, -0.15) is 5.10 Å². The highest BCUT2D eigenvalue weighted by Gasteiger charge is 2.47. The Labute approximate surface area is 193 Å². The zero-order valence-corrected chi connectivity index (χ0v) is 19.1. The summed E-state index contributed by atoms with van der Waals surface area (Å²) in [5.41, 5.74) is 1.69. The number of fused-ring (bicyclic) bond motifs is 2. The fourth-order valence-corrected chi connectivity index (χ4v) is 4.81. The Balaban J connectivity index is 1.24. The lowest BCUT2D eigenvalue weighted by Crippen LogP contribution is -2.53. The van der Waals surface area contributed by atoms with Crippen molar-refractivity contribution in [3.05, 3.63) is 66.0 Å². The van der Waals surface area contributed by atoms with Crippen LogP contribution in [0.15, 0.2) is 49.1 Å². The molecule has 1 N–H and O–H groups in total. The largest absolute Gasteiger partial charge is 0.497 e. The summed E-state index contributed by atoms with van der Waals surface area (Å²) in [7, 11) is 3.57. The van der Waals surface area contributed by atoms with Crippen molar-refractivity contribution in [1.29, 1.82) is 0 Å². The maximum absolute atomic E-state index is 13.0. The molecular formula is C24H30N6O3. The molecule has 9 heteroatoms. The summed E-state index contributed by atoms with van der Waals surface area (Å²) in [6, 6.07) is 7.69. The number of rotatable bonds is 6. The van der Waals surface area contributed by atoms with Crippen LogP contribution in [0.4, 0.5) is 0 Å². The molecule has 1 fully saturated rings. The minimum absolute atomic E-state index is 0.0951. The molecule has 1 atom stereocenters. The molecular weight excluding hydrogens is 420 g/mol. The molecule has 4 heterocycles. The predicted molar refractivity (Wildman–Crippen MR) is 121 cm³/mol. The van der Waals surface area contributed by atoms with E-state index in [1.807, 2.05) is 48.4 Å². The Morgan fingerprint density at radius 2 is 2.03 bits per heavy atom. The summed E-state index contributed by atoms with van der Waals surface area (Å²) in [6.45, 7) is 3.55. The lowest BCUT2D eigenvalue weighted by Gasteiger charge is -2.45. The summed E-state index contributed by atoms with van der Waals surface area (Å²) < 4.78 is 15.6. The number of likely N-dealkylation sites (tertiary alicyclic amines) is 1. The Morgan fingerprint density at radius 3 is 2.73 bits per heavy atom. The van der Waals surface area contributed by atoms with Gasteiger partial charge < -0.3 is 19.4 Å². The van der Waals surface area contributed by atoms with Crippen molar-refractivity contribution in [2.45, 2.75) is 44.2 Å². The van der Waals surface area contributed by atoms with Crippen molar-refractivity contribution in [2.24, 2.45) is 7.05 Å². The van der Waals surface area contributed by atoms with Crippen molar-refractivity contribution < 1.29 is 14.3 Å². The lowest BCUT2D eigenvalue weighted by molar-refractivity contribution is -0.174. The number of aromatic nitrogens is 4. The minimum Gasteiger partial charge on any atom is -0.497 e. The third kappa shape index (κ3) is 4.51. The zero-order valence-electron chi connectivity index (χ0n) is 19.1. The van der Waals surface area contributed by atoms with E-state index in [0.717, 1.165) is 49.6 Å². The highest BCUT2D eigenvalue weighted by atomic mass is 16.5. The topological polar surface area (TPSA) is 86.4 Å². The number of carbonyl (C=O) groups is 1. The molecule has 33 heavy (non-hydrogen) atoms. The fourth-order valence-electron chi connectivity index (χ4n) is 4.81. The molecule has 9 nitrogen and oxygen atoms in total. The van der Waals surface area contributed by atoms with E-state index >= 15 is 0 Å². The van der Waals surface area contributed by atoms with Gasteiger partial charge in [0.05, 0.1) is 19.9 Å². The van der Waals surface area contributed by atoms with Crippen molar-refractivity contribution in [2.75, 3.05) is 20.2 Å². The van der Waals surface area contributed by atoms with Crippen LogP contribution in [-0.2, 0) is 41.8 Å². The molecule has 0 bridgehead atoms. The van der Waals surface area contributed by atoms with Crippen LogP contribution in [0, 0.1) is 0 Å². The number of piperidine rings is 1. The van der Waals surface area contributed by atoms with Gasteiger partial charge in [-0.25, -0.2) is 4.98 Å². The van der Waals surface area contributed by atoms with E-state index in [1.54, 1.807) is 13.3 Å². The van der Waals surface area contributed by atoms with E-state index in [4.69, 9.17) is 9.47 Å². The van der Waals surface area contributed by atoms with Crippen molar-refractivity contribution >= 4 is 5.91 Å². The first-order valence-corrected chi connectivity index (χ1v) is 11.3. The van der Waals surface area contributed by atoms with E-state index in [9.17, 15) is 4.79 Å². The first-order valence-electron chi connectivity index (χ1n) is 11.3. The molecule has 2 aliphatic rings. The number of hydrogen-bond donors (Lipinski definition) is 1. The molecule has 174 valence electrons. The van der Waals surface area contributed by atoms with E-state index in [0.29, 0.717) is 13.1 Å². The zero-order chi connectivity index (χ0) is 22.8. The second-order valence-electron chi connectivity index (χ2n) is 8.87. The lowest BCUT2D eigenvalue weighted by atomic mass is 9.88. The van der Waals surface area contributed by atoms with Crippen molar-refractivity contribution in [1.82, 2.24) is 29.5 Å². The molecule has 0 aliphatic carbocycles. The number of carbonyl (C=O) groups excluding carboxylic acids is 1. The monoisotopic (exact) mass is 450 g/mol. The second-order valence-corrected chi connectivity index (χ2v) is 8.87. The summed E-state index contributed by atoms with van der Waals surface area (Å²) in [4.78, 5) is 20.1. The molecule has 1 amide bonds. The SMILES string of the molecule is COc1ccc(CNC(=O)[C@H]2Cn3ccnc3C3(CCN(Cc4cnn(C)c4)CC3)O2)cc1. The van der Waals surface area contributed by atoms with E-state index in [1.165, 1.54) is 5.56 Å². The van der Waals surface area contributed by atoms with Crippen LogP contribution in [0.5, 0.6) is 5.75 Å². The maximum atomic E-state index is 13.0. The smallest absolute Gasteiger partial charge is 0.251 e. The quantitative estimate of drug-likeness (QED) is 0.617. The van der Waals surface area contributed by atoms with Crippen LogP contribution in [0.25, 0.3) is 0 Å². The average molecular weight is 451 g/mol. The van der Waals surface area contributed by atoms with Crippen molar-refractivity contribution in [3.63, 3.8) is 0 Å².